The Morgan fingerprint density at radius 1 is 0.955 bits per heavy atom. The van der Waals surface area contributed by atoms with Crippen LogP contribution < -0.4 is 10.6 Å². The Labute approximate surface area is 130 Å². The van der Waals surface area contributed by atoms with E-state index in [4.69, 9.17) is 0 Å². The maximum Gasteiger partial charge on any atom is 0.319 e. The molecule has 0 saturated carbocycles. The Hall–Kier alpha value is -2.62. The second-order valence-corrected chi connectivity index (χ2v) is 5.25. The molecular formula is C18H20N2O2. The summed E-state index contributed by atoms with van der Waals surface area (Å²) in [6, 6.07) is 14.8. The van der Waals surface area contributed by atoms with Gasteiger partial charge in [-0.15, -0.1) is 0 Å². The number of Topliss-reactive ketones (excluding diaryl/α,β-unsaturated/α-hetero) is 1. The summed E-state index contributed by atoms with van der Waals surface area (Å²) in [5, 5.41) is 5.56. The molecule has 4 nitrogen and oxygen atoms in total. The molecule has 2 aromatic carbocycles. The molecule has 2 amide bonds. The topological polar surface area (TPSA) is 58.2 Å². The van der Waals surface area contributed by atoms with E-state index in [1.165, 1.54) is 18.1 Å². The zero-order valence-corrected chi connectivity index (χ0v) is 12.8. The van der Waals surface area contributed by atoms with Crippen LogP contribution in [0, 0.1) is 6.92 Å². The van der Waals surface area contributed by atoms with E-state index in [9.17, 15) is 9.59 Å². The SMILES string of the molecule is CC(=O)c1ccc(NC(=O)NCCc2ccc(C)cc2)cc1. The number of benzene rings is 2. The molecule has 2 rings (SSSR count). The number of hydrogen-bond donors (Lipinski definition) is 2. The largest absolute Gasteiger partial charge is 0.338 e. The molecular weight excluding hydrogens is 276 g/mol. The van der Waals surface area contributed by atoms with Crippen LogP contribution in [0.5, 0.6) is 0 Å². The van der Waals surface area contributed by atoms with Crippen LogP contribution >= 0.6 is 0 Å². The van der Waals surface area contributed by atoms with Gasteiger partial charge in [0.25, 0.3) is 0 Å². The van der Waals surface area contributed by atoms with E-state index in [0.29, 0.717) is 17.8 Å². The minimum Gasteiger partial charge on any atom is -0.338 e. The maximum absolute atomic E-state index is 11.8. The first-order chi connectivity index (χ1) is 10.5. The van der Waals surface area contributed by atoms with Gasteiger partial charge in [0, 0.05) is 17.8 Å². The van der Waals surface area contributed by atoms with Crippen molar-refractivity contribution < 1.29 is 9.59 Å². The van der Waals surface area contributed by atoms with Crippen molar-refractivity contribution in [3.05, 3.63) is 65.2 Å². The lowest BCUT2D eigenvalue weighted by Gasteiger charge is -2.08. The van der Waals surface area contributed by atoms with Crippen molar-refractivity contribution in [2.24, 2.45) is 0 Å². The Morgan fingerprint density at radius 3 is 2.18 bits per heavy atom. The molecule has 0 atom stereocenters. The van der Waals surface area contributed by atoms with Gasteiger partial charge in [0.1, 0.15) is 0 Å². The van der Waals surface area contributed by atoms with E-state index in [1.54, 1.807) is 24.3 Å². The molecule has 0 saturated heterocycles. The minimum absolute atomic E-state index is 0.00843. The highest BCUT2D eigenvalue weighted by Gasteiger charge is 2.03. The smallest absolute Gasteiger partial charge is 0.319 e. The standard InChI is InChI=1S/C18H20N2O2/c1-13-3-5-15(6-4-13)11-12-19-18(22)20-17-9-7-16(8-10-17)14(2)21/h3-10H,11-12H2,1-2H3,(H2,19,20,22). The molecule has 2 aromatic rings. The normalized spacial score (nSPS) is 10.1. The highest BCUT2D eigenvalue weighted by atomic mass is 16.2. The van der Waals surface area contributed by atoms with Crippen molar-refractivity contribution in [3.63, 3.8) is 0 Å². The first-order valence-electron chi connectivity index (χ1n) is 7.26. The number of carbonyl (C=O) groups is 2. The first kappa shape index (κ1) is 15.8. The van der Waals surface area contributed by atoms with Gasteiger partial charge in [0.15, 0.2) is 5.78 Å². The van der Waals surface area contributed by atoms with Gasteiger partial charge in [-0.25, -0.2) is 4.79 Å². The predicted octanol–water partition coefficient (Wildman–Crippen LogP) is 3.56. The fourth-order valence-corrected chi connectivity index (χ4v) is 2.04. The summed E-state index contributed by atoms with van der Waals surface area (Å²) >= 11 is 0. The van der Waals surface area contributed by atoms with Crippen molar-refractivity contribution in [2.75, 3.05) is 11.9 Å². The molecule has 0 unspecified atom stereocenters. The number of nitrogens with one attached hydrogen (secondary N) is 2. The molecule has 22 heavy (non-hydrogen) atoms. The van der Waals surface area contributed by atoms with Crippen LogP contribution in [0.1, 0.15) is 28.4 Å². The van der Waals surface area contributed by atoms with E-state index in [-0.39, 0.29) is 11.8 Å². The van der Waals surface area contributed by atoms with Crippen LogP contribution in [0.25, 0.3) is 0 Å². The maximum atomic E-state index is 11.8. The number of amides is 2. The lowest BCUT2D eigenvalue weighted by atomic mass is 10.1. The van der Waals surface area contributed by atoms with E-state index in [1.807, 2.05) is 6.92 Å². The molecule has 0 bridgehead atoms. The average Bonchev–Trinajstić information content (AvgIpc) is 2.50. The summed E-state index contributed by atoms with van der Waals surface area (Å²) in [7, 11) is 0. The molecule has 4 heteroatoms. The minimum atomic E-state index is -0.248. The highest BCUT2D eigenvalue weighted by molar-refractivity contribution is 5.95. The van der Waals surface area contributed by atoms with Gasteiger partial charge in [-0.1, -0.05) is 29.8 Å². The van der Waals surface area contributed by atoms with E-state index >= 15 is 0 Å². The van der Waals surface area contributed by atoms with Gasteiger partial charge in [0.2, 0.25) is 0 Å². The summed E-state index contributed by atoms with van der Waals surface area (Å²) in [6.07, 6.45) is 0.789. The third-order valence-electron chi connectivity index (χ3n) is 3.37. The van der Waals surface area contributed by atoms with E-state index in [0.717, 1.165) is 6.42 Å². The molecule has 0 aliphatic rings. The summed E-state index contributed by atoms with van der Waals surface area (Å²) in [5.41, 5.74) is 3.71. The Balaban J connectivity index is 1.77. The van der Waals surface area contributed by atoms with Gasteiger partial charge in [-0.3, -0.25) is 4.79 Å². The fourth-order valence-electron chi connectivity index (χ4n) is 2.04. The molecule has 114 valence electrons. The van der Waals surface area contributed by atoms with Gasteiger partial charge >= 0.3 is 6.03 Å². The monoisotopic (exact) mass is 296 g/mol. The molecule has 0 heterocycles. The van der Waals surface area contributed by atoms with Gasteiger partial charge < -0.3 is 10.6 Å². The fraction of sp³-hybridized carbons (Fsp3) is 0.222. The molecule has 0 fully saturated rings. The zero-order valence-electron chi connectivity index (χ0n) is 12.8. The second kappa shape index (κ2) is 7.41. The van der Waals surface area contributed by atoms with Crippen LogP contribution in [0.3, 0.4) is 0 Å². The number of hydrogen-bond acceptors (Lipinski definition) is 2. The van der Waals surface area contributed by atoms with Crippen LogP contribution in [-0.4, -0.2) is 18.4 Å². The predicted molar refractivity (Wildman–Crippen MR) is 88.4 cm³/mol. The highest BCUT2D eigenvalue weighted by Crippen LogP contribution is 2.09. The Bertz CT molecular complexity index is 646. The first-order valence-corrected chi connectivity index (χ1v) is 7.26. The average molecular weight is 296 g/mol. The van der Waals surface area contributed by atoms with Gasteiger partial charge in [0.05, 0.1) is 0 Å². The Morgan fingerprint density at radius 2 is 1.59 bits per heavy atom. The molecule has 0 spiro atoms. The second-order valence-electron chi connectivity index (χ2n) is 5.25. The van der Waals surface area contributed by atoms with Crippen molar-refractivity contribution in [1.29, 1.82) is 0 Å². The van der Waals surface area contributed by atoms with Crippen LogP contribution in [0.2, 0.25) is 0 Å². The quantitative estimate of drug-likeness (QED) is 0.829. The third-order valence-corrected chi connectivity index (χ3v) is 3.37. The molecule has 0 aliphatic heterocycles. The number of ketones is 1. The molecule has 0 aromatic heterocycles. The van der Waals surface area contributed by atoms with Crippen molar-refractivity contribution >= 4 is 17.5 Å². The van der Waals surface area contributed by atoms with Crippen LogP contribution in [0.15, 0.2) is 48.5 Å². The number of carbonyl (C=O) groups excluding carboxylic acids is 2. The van der Waals surface area contributed by atoms with Crippen LogP contribution in [0.4, 0.5) is 10.5 Å². The molecule has 2 N–H and O–H groups in total. The summed E-state index contributed by atoms with van der Waals surface area (Å²) in [4.78, 5) is 23.0. The molecule has 0 radical (unpaired) electrons. The van der Waals surface area contributed by atoms with Gasteiger partial charge in [-0.05, 0) is 50.1 Å². The number of rotatable bonds is 5. The van der Waals surface area contributed by atoms with Gasteiger partial charge in [-0.2, -0.15) is 0 Å². The molecule has 0 aliphatic carbocycles. The number of aryl methyl sites for hydroxylation is 1. The van der Waals surface area contributed by atoms with Crippen LogP contribution in [-0.2, 0) is 6.42 Å². The van der Waals surface area contributed by atoms with Crippen molar-refractivity contribution in [3.8, 4) is 0 Å². The van der Waals surface area contributed by atoms with Crippen molar-refractivity contribution in [2.45, 2.75) is 20.3 Å². The lowest BCUT2D eigenvalue weighted by Crippen LogP contribution is -2.30. The van der Waals surface area contributed by atoms with Crippen molar-refractivity contribution in [1.82, 2.24) is 5.32 Å². The zero-order chi connectivity index (χ0) is 15.9. The Kier molecular flexibility index (Phi) is 5.31. The number of anilines is 1. The number of urea groups is 1. The van der Waals surface area contributed by atoms with E-state index < -0.39 is 0 Å². The van der Waals surface area contributed by atoms with E-state index in [2.05, 4.69) is 34.9 Å². The summed E-state index contributed by atoms with van der Waals surface area (Å²) in [6.45, 7) is 4.13. The summed E-state index contributed by atoms with van der Waals surface area (Å²) in [5.74, 6) is 0.00843. The summed E-state index contributed by atoms with van der Waals surface area (Å²) < 4.78 is 0. The lowest BCUT2D eigenvalue weighted by molar-refractivity contribution is 0.101. The third kappa shape index (κ3) is 4.74.